The van der Waals surface area contributed by atoms with Crippen molar-refractivity contribution >= 4 is 12.0 Å². The molecule has 0 unspecified atom stereocenters. The zero-order chi connectivity index (χ0) is 18.8. The monoisotopic (exact) mass is 362 g/mol. The van der Waals surface area contributed by atoms with Crippen molar-refractivity contribution in [2.45, 2.75) is 33.6 Å². The Balaban J connectivity index is 3.27. The third-order valence-corrected chi connectivity index (χ3v) is 2.99. The Morgan fingerprint density at radius 2 is 1.52 bits per heavy atom. The van der Waals surface area contributed by atoms with Crippen LogP contribution in [0.4, 0.5) is 4.79 Å². The Labute approximate surface area is 150 Å². The summed E-state index contributed by atoms with van der Waals surface area (Å²) in [5, 5.41) is 5.25. The van der Waals surface area contributed by atoms with Gasteiger partial charge in [-0.25, -0.2) is 4.79 Å². The van der Waals surface area contributed by atoms with Crippen molar-refractivity contribution < 1.29 is 28.5 Å². The van der Waals surface area contributed by atoms with E-state index in [0.29, 0.717) is 38.8 Å². The number of ether oxygens (including phenoxy) is 4. The maximum absolute atomic E-state index is 11.5. The molecule has 0 heterocycles. The molecule has 148 valence electrons. The molecule has 8 nitrogen and oxygen atoms in total. The van der Waals surface area contributed by atoms with Crippen LogP contribution in [0.1, 0.15) is 33.6 Å². The largest absolute Gasteiger partial charge is 0.447 e. The molecular formula is C17H34N2O6. The molecule has 0 aliphatic heterocycles. The molecule has 2 amide bonds. The lowest BCUT2D eigenvalue weighted by atomic mass is 10.1. The molecule has 0 rings (SSSR count). The second-order valence-electron chi connectivity index (χ2n) is 5.87. The fourth-order valence-electron chi connectivity index (χ4n) is 1.59. The van der Waals surface area contributed by atoms with Gasteiger partial charge in [-0.05, 0) is 18.8 Å². The summed E-state index contributed by atoms with van der Waals surface area (Å²) in [7, 11) is 0. The highest BCUT2D eigenvalue weighted by Crippen LogP contribution is 1.98. The van der Waals surface area contributed by atoms with Crippen LogP contribution in [0.2, 0.25) is 0 Å². The van der Waals surface area contributed by atoms with Gasteiger partial charge in [0.1, 0.15) is 13.2 Å². The minimum absolute atomic E-state index is 0.0712. The van der Waals surface area contributed by atoms with Crippen LogP contribution in [0.3, 0.4) is 0 Å². The van der Waals surface area contributed by atoms with Crippen molar-refractivity contribution in [1.29, 1.82) is 0 Å². The quantitative estimate of drug-likeness (QED) is 0.402. The van der Waals surface area contributed by atoms with Crippen LogP contribution in [0.25, 0.3) is 0 Å². The first-order chi connectivity index (χ1) is 12.1. The Bertz CT molecular complexity index is 339. The molecule has 0 bridgehead atoms. The molecular weight excluding hydrogens is 328 g/mol. The van der Waals surface area contributed by atoms with Crippen molar-refractivity contribution in [1.82, 2.24) is 10.6 Å². The maximum Gasteiger partial charge on any atom is 0.407 e. The van der Waals surface area contributed by atoms with Crippen LogP contribution in [0.5, 0.6) is 0 Å². The minimum Gasteiger partial charge on any atom is -0.447 e. The first-order valence-corrected chi connectivity index (χ1v) is 8.96. The van der Waals surface area contributed by atoms with Crippen LogP contribution in [-0.4, -0.2) is 71.3 Å². The van der Waals surface area contributed by atoms with Crippen LogP contribution < -0.4 is 10.6 Å². The smallest absolute Gasteiger partial charge is 0.407 e. The van der Waals surface area contributed by atoms with Crippen molar-refractivity contribution in [2.24, 2.45) is 5.92 Å². The summed E-state index contributed by atoms with van der Waals surface area (Å²) in [6, 6.07) is 0. The summed E-state index contributed by atoms with van der Waals surface area (Å²) in [6.45, 7) is 9.75. The minimum atomic E-state index is -0.472. The van der Waals surface area contributed by atoms with Gasteiger partial charge in [0.05, 0.1) is 26.4 Å². The molecule has 0 aromatic rings. The van der Waals surface area contributed by atoms with Gasteiger partial charge in [-0.2, -0.15) is 0 Å². The number of rotatable bonds is 16. The molecule has 0 saturated heterocycles. The molecule has 0 fully saturated rings. The van der Waals surface area contributed by atoms with Gasteiger partial charge in [0.25, 0.3) is 0 Å². The van der Waals surface area contributed by atoms with Gasteiger partial charge in [0.15, 0.2) is 0 Å². The van der Waals surface area contributed by atoms with Gasteiger partial charge in [-0.15, -0.1) is 0 Å². The Kier molecular flexibility index (Phi) is 16.5. The van der Waals surface area contributed by atoms with Gasteiger partial charge in [-0.1, -0.05) is 20.8 Å². The fraction of sp³-hybridized carbons (Fsp3) is 0.882. The van der Waals surface area contributed by atoms with Crippen molar-refractivity contribution in [3.05, 3.63) is 0 Å². The topological polar surface area (TPSA) is 95.1 Å². The zero-order valence-electron chi connectivity index (χ0n) is 15.8. The van der Waals surface area contributed by atoms with E-state index in [0.717, 1.165) is 19.4 Å². The number of alkyl carbamates (subject to hydrolysis) is 1. The molecule has 0 spiro atoms. The van der Waals surface area contributed by atoms with E-state index in [1.54, 1.807) is 0 Å². The fourth-order valence-corrected chi connectivity index (χ4v) is 1.59. The van der Waals surface area contributed by atoms with E-state index in [2.05, 4.69) is 24.5 Å². The van der Waals surface area contributed by atoms with E-state index in [1.807, 2.05) is 6.92 Å². The van der Waals surface area contributed by atoms with Gasteiger partial charge < -0.3 is 29.6 Å². The number of carbonyl (C=O) groups excluding carboxylic acids is 2. The highest BCUT2D eigenvalue weighted by molar-refractivity contribution is 5.77. The lowest BCUT2D eigenvalue weighted by molar-refractivity contribution is -0.126. The molecule has 2 N–H and O–H groups in total. The molecule has 0 aliphatic rings. The second kappa shape index (κ2) is 17.4. The molecule has 0 aromatic heterocycles. The normalized spacial score (nSPS) is 10.7. The lowest BCUT2D eigenvalue weighted by Gasteiger charge is -2.09. The van der Waals surface area contributed by atoms with E-state index in [1.165, 1.54) is 0 Å². The van der Waals surface area contributed by atoms with E-state index in [9.17, 15) is 9.59 Å². The van der Waals surface area contributed by atoms with Crippen molar-refractivity contribution in [3.8, 4) is 0 Å². The Morgan fingerprint density at radius 1 is 0.840 bits per heavy atom. The molecule has 0 aliphatic carbocycles. The van der Waals surface area contributed by atoms with Gasteiger partial charge >= 0.3 is 6.09 Å². The summed E-state index contributed by atoms with van der Waals surface area (Å²) in [6.07, 6.45) is 1.42. The predicted octanol–water partition coefficient (Wildman–Crippen LogP) is 1.33. The third-order valence-electron chi connectivity index (χ3n) is 2.99. The van der Waals surface area contributed by atoms with Crippen molar-refractivity contribution in [3.63, 3.8) is 0 Å². The number of hydrogen-bond acceptors (Lipinski definition) is 6. The van der Waals surface area contributed by atoms with E-state index < -0.39 is 6.09 Å². The highest BCUT2D eigenvalue weighted by Gasteiger charge is 2.03. The average Bonchev–Trinajstić information content (AvgIpc) is 2.57. The first kappa shape index (κ1) is 23.6. The van der Waals surface area contributed by atoms with Crippen LogP contribution in [-0.2, 0) is 23.7 Å². The summed E-state index contributed by atoms with van der Waals surface area (Å²) in [5.74, 6) is 0.412. The molecule has 0 atom stereocenters. The van der Waals surface area contributed by atoms with E-state index in [4.69, 9.17) is 18.9 Å². The Morgan fingerprint density at radius 3 is 2.20 bits per heavy atom. The van der Waals surface area contributed by atoms with E-state index >= 15 is 0 Å². The molecule has 8 heteroatoms. The SMILES string of the molecule is CCCNC(=O)OCCOCC(=O)NCCOCCOCCC(C)C. The summed E-state index contributed by atoms with van der Waals surface area (Å²) < 4.78 is 20.7. The highest BCUT2D eigenvalue weighted by atomic mass is 16.6. The number of nitrogens with one attached hydrogen (secondary N) is 2. The van der Waals surface area contributed by atoms with Gasteiger partial charge in [-0.3, -0.25) is 4.79 Å². The maximum atomic E-state index is 11.5. The molecule has 0 saturated carbocycles. The predicted molar refractivity (Wildman–Crippen MR) is 94.6 cm³/mol. The second-order valence-corrected chi connectivity index (χ2v) is 5.87. The molecule has 0 aromatic carbocycles. The lowest BCUT2D eigenvalue weighted by Crippen LogP contribution is -2.31. The standard InChI is InChI=1S/C17H34N2O6/c1-4-6-19-17(21)25-13-12-24-14-16(20)18-7-9-23-11-10-22-8-5-15(2)3/h15H,4-14H2,1-3H3,(H,18,20)(H,19,21). The van der Waals surface area contributed by atoms with Crippen LogP contribution in [0.15, 0.2) is 0 Å². The zero-order valence-corrected chi connectivity index (χ0v) is 15.8. The van der Waals surface area contributed by atoms with Gasteiger partial charge in [0, 0.05) is 19.7 Å². The average molecular weight is 362 g/mol. The summed E-state index contributed by atoms with van der Waals surface area (Å²) in [4.78, 5) is 22.6. The summed E-state index contributed by atoms with van der Waals surface area (Å²) >= 11 is 0. The first-order valence-electron chi connectivity index (χ1n) is 8.96. The van der Waals surface area contributed by atoms with Crippen LogP contribution in [0, 0.1) is 5.92 Å². The third kappa shape index (κ3) is 18.8. The van der Waals surface area contributed by atoms with Crippen molar-refractivity contribution in [2.75, 3.05) is 59.3 Å². The Hall–Kier alpha value is -1.38. The summed E-state index contributed by atoms with van der Waals surface area (Å²) in [5.41, 5.74) is 0. The number of amides is 2. The van der Waals surface area contributed by atoms with Gasteiger partial charge in [0.2, 0.25) is 5.91 Å². The number of carbonyl (C=O) groups is 2. The van der Waals surface area contributed by atoms with Crippen LogP contribution >= 0.6 is 0 Å². The van der Waals surface area contributed by atoms with E-state index in [-0.39, 0.29) is 25.7 Å². The molecule has 0 radical (unpaired) electrons. The molecule has 25 heavy (non-hydrogen) atoms. The number of hydrogen-bond donors (Lipinski definition) is 2.